The van der Waals surface area contributed by atoms with Gasteiger partial charge in [0.2, 0.25) is 5.88 Å². The molecule has 1 fully saturated rings. The number of aryl methyl sites for hydroxylation is 2. The van der Waals surface area contributed by atoms with E-state index >= 15 is 4.21 Å². The van der Waals surface area contributed by atoms with E-state index in [1.165, 1.54) is 22.3 Å². The van der Waals surface area contributed by atoms with Crippen LogP contribution < -0.4 is 14.8 Å². The lowest BCUT2D eigenvalue weighted by Gasteiger charge is -2.44. The van der Waals surface area contributed by atoms with Crippen molar-refractivity contribution >= 4 is 21.6 Å². The summed E-state index contributed by atoms with van der Waals surface area (Å²) >= 11 is 0. The van der Waals surface area contributed by atoms with E-state index in [-0.39, 0.29) is 17.0 Å². The van der Waals surface area contributed by atoms with Crippen LogP contribution in [0.3, 0.4) is 0 Å². The molecule has 1 unspecified atom stereocenters. The summed E-state index contributed by atoms with van der Waals surface area (Å²) in [6, 6.07) is 31.4. The molecule has 4 aromatic carbocycles. The summed E-state index contributed by atoms with van der Waals surface area (Å²) in [6.07, 6.45) is 6.74. The second-order valence-electron chi connectivity index (χ2n) is 15.0. The predicted octanol–water partition coefficient (Wildman–Crippen LogP) is 7.07. The first-order valence-corrected chi connectivity index (χ1v) is 20.5. The molecule has 2 N–H and O–H groups in total. The van der Waals surface area contributed by atoms with E-state index in [1.807, 2.05) is 91.0 Å². The maximum Gasteiger partial charge on any atom is 0.331 e. The molecule has 2 aliphatic heterocycles. The highest BCUT2D eigenvalue weighted by atomic mass is 32.2. The normalized spacial score (nSPS) is 20.5. The van der Waals surface area contributed by atoms with Crippen LogP contribution in [0.4, 0.5) is 10.5 Å². The van der Waals surface area contributed by atoms with Gasteiger partial charge in [-0.1, -0.05) is 104 Å². The molecule has 0 radical (unpaired) electrons. The summed E-state index contributed by atoms with van der Waals surface area (Å²) in [5.74, 6) is 0.661. The van der Waals surface area contributed by atoms with Gasteiger partial charge in [-0.3, -0.25) is 4.90 Å². The maximum atomic E-state index is 16.3. The number of nitrogens with one attached hydrogen (secondary N) is 2. The number of fused-ring (bicyclic) bond motifs is 3. The van der Waals surface area contributed by atoms with E-state index in [1.54, 1.807) is 18.0 Å². The maximum absolute atomic E-state index is 16.3. The van der Waals surface area contributed by atoms with Crippen LogP contribution in [0.2, 0.25) is 0 Å². The topological polar surface area (TPSA) is 110 Å². The monoisotopic (exact) mass is 742 g/mol. The van der Waals surface area contributed by atoms with Crippen LogP contribution in [0.15, 0.2) is 113 Å². The number of methoxy groups -OCH3 is 1. The van der Waals surface area contributed by atoms with Gasteiger partial charge in [-0.2, -0.15) is 9.46 Å². The van der Waals surface area contributed by atoms with Crippen molar-refractivity contribution in [3.8, 4) is 5.88 Å². The summed E-state index contributed by atoms with van der Waals surface area (Å²) < 4.78 is 38.4. The number of carbonyl (C=O) groups excluding carboxylic acids is 1. The van der Waals surface area contributed by atoms with Crippen molar-refractivity contribution in [2.24, 2.45) is 4.36 Å². The van der Waals surface area contributed by atoms with E-state index in [9.17, 15) is 4.79 Å². The second-order valence-corrected chi connectivity index (χ2v) is 16.9. The Hall–Kier alpha value is -4.97. The Bertz CT molecular complexity index is 2200. The van der Waals surface area contributed by atoms with Crippen molar-refractivity contribution in [2.75, 3.05) is 32.1 Å². The molecular weight excluding hydrogens is 697 g/mol. The molecule has 54 heavy (non-hydrogen) atoms. The quantitative estimate of drug-likeness (QED) is 0.157. The molecule has 10 nitrogen and oxygen atoms in total. The summed E-state index contributed by atoms with van der Waals surface area (Å²) in [5, 5.41) is 7.97. The number of hydrogen-bond acceptors (Lipinski definition) is 7. The van der Waals surface area contributed by atoms with Crippen LogP contribution in [-0.2, 0) is 46.0 Å². The fraction of sp³-hybridized carbons (Fsp3) is 0.349. The Morgan fingerprint density at radius 1 is 0.907 bits per heavy atom. The Balaban J connectivity index is 1.21. The molecule has 0 bridgehead atoms. The minimum atomic E-state index is -3.85. The minimum Gasteiger partial charge on any atom is -0.475 e. The van der Waals surface area contributed by atoms with E-state index in [0.717, 1.165) is 67.6 Å². The molecule has 3 heterocycles. The third kappa shape index (κ3) is 5.99. The van der Waals surface area contributed by atoms with Crippen molar-refractivity contribution in [3.05, 3.63) is 142 Å². The molecule has 3 atom stereocenters. The van der Waals surface area contributed by atoms with Crippen molar-refractivity contribution in [3.63, 3.8) is 0 Å². The molecule has 11 heteroatoms. The molecule has 1 aromatic heterocycles. The van der Waals surface area contributed by atoms with E-state index in [0.29, 0.717) is 24.9 Å². The SMILES string of the molecule is COC1CN([C@@H]2COc3c(S(=O)(=NC(c4ccccc4)(c4ccccc4)c4ccccc4)NC(=O)Nc4c5c(cc6c4[C@H](C)CC6)CCC5)cnn3C2)C1. The van der Waals surface area contributed by atoms with E-state index in [4.69, 9.17) is 18.9 Å². The molecule has 278 valence electrons. The molecule has 0 spiro atoms. The standard InChI is InChI=1S/C43H46N6O4S/c1-29-21-22-31-23-30-13-12-20-37(30)40(39(29)31)45-42(50)46-54(51,38-24-44-49-25-35(28-53-41(38)49)48-26-36(27-48)52-2)47-43(32-14-6-3-7-15-32,33-16-8-4-9-17-33)34-18-10-5-11-19-34/h3-11,14-19,23-24,29,35-36H,12-13,20-22,25-28H2,1-2H3,(H2,45,46,47,50,51)/t29-,35+,54?/m1/s1. The zero-order valence-electron chi connectivity index (χ0n) is 30.7. The van der Waals surface area contributed by atoms with Crippen molar-refractivity contribution in [1.29, 1.82) is 0 Å². The van der Waals surface area contributed by atoms with Crippen molar-refractivity contribution in [1.82, 2.24) is 19.4 Å². The average molecular weight is 743 g/mol. The number of likely N-dealkylation sites (tertiary alicyclic amines) is 1. The highest BCUT2D eigenvalue weighted by Gasteiger charge is 2.42. The highest BCUT2D eigenvalue weighted by Crippen LogP contribution is 2.45. The van der Waals surface area contributed by atoms with Gasteiger partial charge < -0.3 is 14.8 Å². The summed E-state index contributed by atoms with van der Waals surface area (Å²) in [4.78, 5) is 17.1. The lowest BCUT2D eigenvalue weighted by Crippen LogP contribution is -2.59. The number of amides is 2. The van der Waals surface area contributed by atoms with Crippen molar-refractivity contribution < 1.29 is 18.5 Å². The largest absolute Gasteiger partial charge is 0.475 e. The predicted molar refractivity (Wildman–Crippen MR) is 209 cm³/mol. The Morgan fingerprint density at radius 2 is 1.56 bits per heavy atom. The third-order valence-corrected chi connectivity index (χ3v) is 13.6. The Morgan fingerprint density at radius 3 is 2.19 bits per heavy atom. The number of urea groups is 1. The number of aromatic nitrogens is 2. The fourth-order valence-corrected chi connectivity index (χ4v) is 10.8. The Labute approximate surface area is 317 Å². The molecule has 9 rings (SSSR count). The van der Waals surface area contributed by atoms with Gasteiger partial charge in [0.15, 0.2) is 9.92 Å². The number of ether oxygens (including phenoxy) is 2. The van der Waals surface area contributed by atoms with Gasteiger partial charge in [-0.25, -0.2) is 18.4 Å². The third-order valence-electron chi connectivity index (χ3n) is 11.8. The van der Waals surface area contributed by atoms with Crippen LogP contribution in [0, 0.1) is 0 Å². The first kappa shape index (κ1) is 34.8. The van der Waals surface area contributed by atoms with Crippen LogP contribution in [0.1, 0.15) is 64.6 Å². The highest BCUT2D eigenvalue weighted by molar-refractivity contribution is 7.92. The van der Waals surface area contributed by atoms with E-state index < -0.39 is 21.5 Å². The van der Waals surface area contributed by atoms with Gasteiger partial charge >= 0.3 is 6.03 Å². The lowest BCUT2D eigenvalue weighted by atomic mass is 9.78. The number of nitrogens with zero attached hydrogens (tertiary/aromatic N) is 4. The van der Waals surface area contributed by atoms with Gasteiger partial charge in [0.1, 0.15) is 17.0 Å². The molecule has 1 saturated heterocycles. The van der Waals surface area contributed by atoms with Gasteiger partial charge in [0.25, 0.3) is 0 Å². The van der Waals surface area contributed by atoms with Crippen LogP contribution in [0.5, 0.6) is 5.88 Å². The molecule has 2 amide bonds. The second kappa shape index (κ2) is 14.0. The number of anilines is 1. The number of hydrogen-bond donors (Lipinski definition) is 2. The number of benzene rings is 4. The van der Waals surface area contributed by atoms with Gasteiger partial charge in [-0.05, 0) is 77.0 Å². The summed E-state index contributed by atoms with van der Waals surface area (Å²) in [5.41, 5.74) is 6.96. The average Bonchev–Trinajstić information content (AvgIpc) is 3.93. The zero-order chi connectivity index (χ0) is 36.9. The molecular formula is C43H46N6O4S. The first-order chi connectivity index (χ1) is 26.4. The number of rotatable bonds is 9. The van der Waals surface area contributed by atoms with Crippen molar-refractivity contribution in [2.45, 2.75) is 74.1 Å². The van der Waals surface area contributed by atoms with Crippen LogP contribution in [0.25, 0.3) is 0 Å². The van der Waals surface area contributed by atoms with E-state index in [2.05, 4.69) is 27.9 Å². The number of carbonyl (C=O) groups is 1. The Kier molecular flexibility index (Phi) is 9.03. The lowest BCUT2D eigenvalue weighted by molar-refractivity contribution is -0.0687. The van der Waals surface area contributed by atoms with Crippen LogP contribution in [-0.4, -0.2) is 63.9 Å². The fourth-order valence-electron chi connectivity index (χ4n) is 8.92. The molecule has 0 saturated carbocycles. The molecule has 5 aromatic rings. The summed E-state index contributed by atoms with van der Waals surface area (Å²) in [7, 11) is -2.11. The first-order valence-electron chi connectivity index (χ1n) is 19.0. The van der Waals surface area contributed by atoms with Gasteiger partial charge in [-0.15, -0.1) is 0 Å². The molecule has 4 aliphatic rings. The van der Waals surface area contributed by atoms with Gasteiger partial charge in [0.05, 0.1) is 24.9 Å². The zero-order valence-corrected chi connectivity index (χ0v) is 31.6. The van der Waals surface area contributed by atoms with Gasteiger partial charge in [0, 0.05) is 25.9 Å². The minimum absolute atomic E-state index is 0.0854. The van der Waals surface area contributed by atoms with Crippen LogP contribution >= 0.6 is 0 Å². The summed E-state index contributed by atoms with van der Waals surface area (Å²) in [6.45, 7) is 4.80. The smallest absolute Gasteiger partial charge is 0.331 e. The molecule has 2 aliphatic carbocycles.